The van der Waals surface area contributed by atoms with Crippen molar-refractivity contribution in [2.45, 2.75) is 45.0 Å². The number of hydrogen-bond donors (Lipinski definition) is 0. The van der Waals surface area contributed by atoms with Gasteiger partial charge in [0.2, 0.25) is 6.43 Å². The van der Waals surface area contributed by atoms with E-state index in [1.165, 1.54) is 0 Å². The maximum atomic E-state index is 11.6. The third-order valence-electron chi connectivity index (χ3n) is 1.75. The molecule has 0 aromatic rings. The molecule has 0 aromatic carbocycles. The fourth-order valence-corrected chi connectivity index (χ4v) is 1.06. The molecule has 0 aromatic heterocycles. The largest absolute Gasteiger partial charge is 0.238 e. The summed E-state index contributed by atoms with van der Waals surface area (Å²) in [5, 5.41) is -0.848. The van der Waals surface area contributed by atoms with Crippen LogP contribution >= 0.6 is 0 Å². The van der Waals surface area contributed by atoms with Gasteiger partial charge in [-0.2, -0.15) is 0 Å². The van der Waals surface area contributed by atoms with E-state index in [9.17, 15) is 17.7 Å². The van der Waals surface area contributed by atoms with Gasteiger partial charge in [0.05, 0.1) is 6.54 Å². The third kappa shape index (κ3) is 11.7. The Morgan fingerprint density at radius 1 is 0.846 bits per heavy atom. The Morgan fingerprint density at radius 2 is 1.38 bits per heavy atom. The van der Waals surface area contributed by atoms with Crippen LogP contribution in [0.5, 0.6) is 0 Å². The molecule has 0 fully saturated rings. The van der Waals surface area contributed by atoms with Crippen molar-refractivity contribution >= 4 is 0 Å². The molecule has 5 heteroatoms. The maximum absolute atomic E-state index is 11.6. The molecule has 0 radical (unpaired) electrons. The fraction of sp³-hybridized carbons (Fsp3) is 1.00. The van der Waals surface area contributed by atoms with Crippen molar-refractivity contribution in [1.82, 2.24) is 5.34 Å². The van der Waals surface area contributed by atoms with Gasteiger partial charge < -0.3 is 0 Å². The van der Waals surface area contributed by atoms with Crippen LogP contribution in [-0.2, 0) is 0 Å². The highest BCUT2D eigenvalue weighted by Crippen LogP contribution is 2.10. The average Bonchev–Trinajstić information content (AvgIpc) is 2.01. The lowest BCUT2D eigenvalue weighted by Gasteiger charge is -2.01. The molecular weight excluding hydrogens is 186 g/mol. The summed E-state index contributed by atoms with van der Waals surface area (Å²) >= 11 is 0. The molecule has 0 unspecified atom stereocenters. The van der Waals surface area contributed by atoms with Gasteiger partial charge in [-0.1, -0.05) is 19.3 Å². The van der Waals surface area contributed by atoms with Crippen LogP contribution in [0.4, 0.5) is 17.7 Å². The molecule has 0 aliphatic rings. The summed E-state index contributed by atoms with van der Waals surface area (Å²) in [7, 11) is 0. The molecule has 0 aliphatic carbocycles. The van der Waals surface area contributed by atoms with Crippen molar-refractivity contribution in [2.24, 2.45) is 0 Å². The van der Waals surface area contributed by atoms with Gasteiger partial charge in [-0.25, -0.2) is 8.78 Å². The Balaban J connectivity index is 2.92. The highest BCUT2D eigenvalue weighted by Gasteiger charge is 2.01. The number of unbranched alkanes of at least 4 members (excludes halogenated alkanes) is 4. The summed E-state index contributed by atoms with van der Waals surface area (Å²) in [6.45, 7) is -0.227. The minimum Gasteiger partial charge on any atom is -0.211 e. The van der Waals surface area contributed by atoms with Crippen LogP contribution in [0.15, 0.2) is 0 Å². The van der Waals surface area contributed by atoms with Crippen LogP contribution in [0.1, 0.15) is 38.5 Å². The summed E-state index contributed by atoms with van der Waals surface area (Å²) in [4.78, 5) is 0. The zero-order chi connectivity index (χ0) is 10.1. The van der Waals surface area contributed by atoms with Crippen LogP contribution < -0.4 is 0 Å². The first-order valence-corrected chi connectivity index (χ1v) is 4.50. The Bertz CT molecular complexity index is 96.3. The highest BCUT2D eigenvalue weighted by molar-refractivity contribution is 4.47. The molecular formula is C8H15F4N. The number of rotatable bonds is 8. The van der Waals surface area contributed by atoms with Crippen LogP contribution in [0.3, 0.4) is 0 Å². The van der Waals surface area contributed by atoms with E-state index >= 15 is 0 Å². The van der Waals surface area contributed by atoms with Crippen molar-refractivity contribution in [3.8, 4) is 0 Å². The lowest BCUT2D eigenvalue weighted by Crippen LogP contribution is -2.02. The molecule has 0 saturated heterocycles. The summed E-state index contributed by atoms with van der Waals surface area (Å²) in [5.74, 6) is 0. The SMILES string of the molecule is FC(F)CCCCCCCN(F)F. The van der Waals surface area contributed by atoms with E-state index in [0.717, 1.165) is 6.42 Å². The van der Waals surface area contributed by atoms with E-state index in [4.69, 9.17) is 0 Å². The Hall–Kier alpha value is -0.320. The molecule has 0 amide bonds. The van der Waals surface area contributed by atoms with Crippen molar-refractivity contribution in [3.63, 3.8) is 0 Å². The second kappa shape index (κ2) is 8.29. The first-order valence-electron chi connectivity index (χ1n) is 4.50. The number of nitrogens with zero attached hydrogens (tertiary/aromatic N) is 1. The highest BCUT2D eigenvalue weighted by atomic mass is 19.4. The van der Waals surface area contributed by atoms with Crippen molar-refractivity contribution in [2.75, 3.05) is 6.54 Å². The smallest absolute Gasteiger partial charge is 0.211 e. The van der Waals surface area contributed by atoms with Gasteiger partial charge >= 0.3 is 0 Å². The fourth-order valence-electron chi connectivity index (χ4n) is 1.06. The second-order valence-electron chi connectivity index (χ2n) is 2.97. The molecule has 1 nitrogen and oxygen atoms in total. The Morgan fingerprint density at radius 3 is 1.92 bits per heavy atom. The van der Waals surface area contributed by atoms with Gasteiger partial charge in [-0.15, -0.1) is 8.96 Å². The standard InChI is InChI=1S/C8H15F4N/c9-8(10)6-4-2-1-3-5-7-13(11)12/h8H,1-7H2. The zero-order valence-corrected chi connectivity index (χ0v) is 7.49. The molecule has 0 bridgehead atoms. The van der Waals surface area contributed by atoms with E-state index in [2.05, 4.69) is 0 Å². The van der Waals surface area contributed by atoms with Gasteiger partial charge in [-0.3, -0.25) is 0 Å². The monoisotopic (exact) mass is 201 g/mol. The number of halogens is 4. The summed E-state index contributed by atoms with van der Waals surface area (Å²) in [5.41, 5.74) is 0. The van der Waals surface area contributed by atoms with E-state index < -0.39 is 11.8 Å². The van der Waals surface area contributed by atoms with Gasteiger partial charge in [0.15, 0.2) is 0 Å². The Kier molecular flexibility index (Phi) is 8.08. The lowest BCUT2D eigenvalue weighted by molar-refractivity contribution is -0.153. The van der Waals surface area contributed by atoms with Gasteiger partial charge in [0.1, 0.15) is 0 Å². The molecule has 0 atom stereocenters. The van der Waals surface area contributed by atoms with Gasteiger partial charge in [0.25, 0.3) is 0 Å². The minimum absolute atomic E-state index is 0.0711. The number of alkyl halides is 2. The average molecular weight is 201 g/mol. The summed E-state index contributed by atoms with van der Waals surface area (Å²) in [6, 6.07) is 0. The Labute approximate surface area is 75.6 Å². The van der Waals surface area contributed by atoms with E-state index in [1.807, 2.05) is 0 Å². The molecule has 0 saturated carbocycles. The molecule has 13 heavy (non-hydrogen) atoms. The van der Waals surface area contributed by atoms with E-state index in [0.29, 0.717) is 25.7 Å². The van der Waals surface area contributed by atoms with Gasteiger partial charge in [-0.05, 0) is 12.8 Å². The third-order valence-corrected chi connectivity index (χ3v) is 1.75. The van der Waals surface area contributed by atoms with Crippen LogP contribution in [0.25, 0.3) is 0 Å². The lowest BCUT2D eigenvalue weighted by atomic mass is 10.1. The first-order chi connectivity index (χ1) is 6.13. The van der Waals surface area contributed by atoms with Crippen LogP contribution in [0.2, 0.25) is 0 Å². The molecule has 80 valence electrons. The minimum atomic E-state index is -2.23. The molecule has 0 spiro atoms. The van der Waals surface area contributed by atoms with E-state index in [-0.39, 0.29) is 13.0 Å². The predicted octanol–water partition coefficient (Wildman–Crippen LogP) is 3.66. The van der Waals surface area contributed by atoms with Crippen LogP contribution in [-0.4, -0.2) is 18.3 Å². The second-order valence-corrected chi connectivity index (χ2v) is 2.97. The van der Waals surface area contributed by atoms with E-state index in [1.54, 1.807) is 0 Å². The normalized spacial score (nSPS) is 11.5. The quantitative estimate of drug-likeness (QED) is 0.329. The van der Waals surface area contributed by atoms with Crippen molar-refractivity contribution < 1.29 is 17.7 Å². The molecule has 0 heterocycles. The van der Waals surface area contributed by atoms with Crippen molar-refractivity contribution in [1.29, 1.82) is 0 Å². The maximum Gasteiger partial charge on any atom is 0.238 e. The van der Waals surface area contributed by atoms with Crippen molar-refractivity contribution in [3.05, 3.63) is 0 Å². The zero-order valence-electron chi connectivity index (χ0n) is 7.49. The van der Waals surface area contributed by atoms with Gasteiger partial charge in [0, 0.05) is 11.8 Å². The molecule has 0 rings (SSSR count). The summed E-state index contributed by atoms with van der Waals surface area (Å²) < 4.78 is 46.1. The predicted molar refractivity (Wildman–Crippen MR) is 42.6 cm³/mol. The first kappa shape index (κ1) is 12.7. The van der Waals surface area contributed by atoms with Crippen LogP contribution in [0, 0.1) is 0 Å². The molecule has 0 aliphatic heterocycles. The molecule has 0 N–H and O–H groups in total. The summed E-state index contributed by atoms with van der Waals surface area (Å²) in [6.07, 6.45) is 0.788. The number of hydrogen-bond acceptors (Lipinski definition) is 1. The topological polar surface area (TPSA) is 3.24 Å².